The molecule has 0 fully saturated rings. The molecule has 41 heavy (non-hydrogen) atoms. The van der Waals surface area contributed by atoms with Gasteiger partial charge in [0.25, 0.3) is 0 Å². The summed E-state index contributed by atoms with van der Waals surface area (Å²) in [6, 6.07) is 0. The lowest BCUT2D eigenvalue weighted by molar-refractivity contribution is -0.138. The summed E-state index contributed by atoms with van der Waals surface area (Å²) in [7, 11) is 0. The largest absolute Gasteiger partial charge is 0.481 e. The number of rotatable bonds is 20. The second kappa shape index (κ2) is 36.1. The summed E-state index contributed by atoms with van der Waals surface area (Å²) in [6.45, 7) is 17.2. The first-order valence-corrected chi connectivity index (χ1v) is 15.4. The molecule has 0 rings (SSSR count). The topological polar surface area (TPSA) is 149 Å². The first kappa shape index (κ1) is 48.8. The average molecular weight is 609 g/mol. The fraction of sp³-hybridized carbons (Fsp3) is 0.875. The standard InChI is InChI=1S/4C8H16O2.H4Si/c4*1-7(2)5-3-4-6-8(9)10;/h4*7H,3-6H2,1-2H3,(H,9,10);1H4. The highest BCUT2D eigenvalue weighted by Crippen LogP contribution is 2.09. The van der Waals surface area contributed by atoms with Crippen molar-refractivity contribution in [1.29, 1.82) is 0 Å². The minimum atomic E-state index is -0.677. The second-order valence-corrected chi connectivity index (χ2v) is 12.1. The lowest BCUT2D eigenvalue weighted by atomic mass is 10.1. The van der Waals surface area contributed by atoms with Crippen molar-refractivity contribution in [3.8, 4) is 0 Å². The monoisotopic (exact) mass is 608 g/mol. The number of carbonyl (C=O) groups is 4. The van der Waals surface area contributed by atoms with Crippen molar-refractivity contribution in [2.24, 2.45) is 23.7 Å². The highest BCUT2D eigenvalue weighted by atomic mass is 28.1. The van der Waals surface area contributed by atoms with E-state index in [0.29, 0.717) is 49.4 Å². The maximum Gasteiger partial charge on any atom is 0.303 e. The second-order valence-electron chi connectivity index (χ2n) is 12.1. The van der Waals surface area contributed by atoms with Gasteiger partial charge in [-0.1, -0.05) is 107 Å². The Labute approximate surface area is 256 Å². The smallest absolute Gasteiger partial charge is 0.303 e. The van der Waals surface area contributed by atoms with Crippen LogP contribution >= 0.6 is 0 Å². The molecule has 0 atom stereocenters. The first-order valence-electron chi connectivity index (χ1n) is 15.4. The average Bonchev–Trinajstić information content (AvgIpc) is 2.80. The Morgan fingerprint density at radius 1 is 0.366 bits per heavy atom. The molecule has 8 nitrogen and oxygen atoms in total. The molecule has 0 aliphatic heterocycles. The molecule has 248 valence electrons. The van der Waals surface area contributed by atoms with Gasteiger partial charge in [-0.25, -0.2) is 0 Å². The molecule has 0 aromatic heterocycles. The lowest BCUT2D eigenvalue weighted by Gasteiger charge is -2.01. The summed E-state index contributed by atoms with van der Waals surface area (Å²) in [5.41, 5.74) is 0. The number of carboxylic acids is 4. The summed E-state index contributed by atoms with van der Waals surface area (Å²) >= 11 is 0. The zero-order valence-electron chi connectivity index (χ0n) is 27.0. The van der Waals surface area contributed by atoms with Crippen molar-refractivity contribution in [2.75, 3.05) is 0 Å². The molecule has 0 amide bonds. The summed E-state index contributed by atoms with van der Waals surface area (Å²) < 4.78 is 0. The van der Waals surface area contributed by atoms with Crippen LogP contribution in [0.5, 0.6) is 0 Å². The third kappa shape index (κ3) is 72.9. The molecule has 0 saturated heterocycles. The summed E-state index contributed by atoms with van der Waals surface area (Å²) in [4.78, 5) is 40.2. The Hall–Kier alpha value is -1.90. The summed E-state index contributed by atoms with van der Waals surface area (Å²) in [5, 5.41) is 33.1. The van der Waals surface area contributed by atoms with E-state index in [1.807, 2.05) is 0 Å². The van der Waals surface area contributed by atoms with Crippen LogP contribution in [0.4, 0.5) is 0 Å². The van der Waals surface area contributed by atoms with Crippen molar-refractivity contribution in [3.05, 3.63) is 0 Å². The van der Waals surface area contributed by atoms with Crippen LogP contribution in [-0.2, 0) is 19.2 Å². The maximum absolute atomic E-state index is 10.0. The van der Waals surface area contributed by atoms with Crippen LogP contribution in [0.3, 0.4) is 0 Å². The molecular formula is C32H68O8Si. The van der Waals surface area contributed by atoms with E-state index in [4.69, 9.17) is 20.4 Å². The van der Waals surface area contributed by atoms with Crippen molar-refractivity contribution >= 4 is 34.8 Å². The van der Waals surface area contributed by atoms with Gasteiger partial charge in [-0.3, -0.25) is 19.2 Å². The van der Waals surface area contributed by atoms with Crippen LogP contribution in [-0.4, -0.2) is 55.3 Å². The molecule has 0 aliphatic rings. The van der Waals surface area contributed by atoms with Crippen molar-refractivity contribution in [2.45, 2.75) is 158 Å². The molecule has 4 N–H and O–H groups in total. The van der Waals surface area contributed by atoms with Gasteiger partial charge in [0.2, 0.25) is 0 Å². The molecule has 0 heterocycles. The molecule has 0 aromatic carbocycles. The number of hydrogen-bond acceptors (Lipinski definition) is 4. The summed E-state index contributed by atoms with van der Waals surface area (Å²) in [6.07, 6.45) is 13.4. The Morgan fingerprint density at radius 2 is 0.512 bits per heavy atom. The van der Waals surface area contributed by atoms with Crippen LogP contribution < -0.4 is 0 Å². The maximum atomic E-state index is 10.0. The molecule has 0 aromatic rings. The summed E-state index contributed by atoms with van der Waals surface area (Å²) in [5.74, 6) is 0.102. The lowest BCUT2D eigenvalue weighted by Crippen LogP contribution is -1.94. The minimum Gasteiger partial charge on any atom is -0.481 e. The zero-order valence-corrected chi connectivity index (χ0v) is 27.0. The molecule has 0 unspecified atom stereocenters. The Kier molecular flexibility index (Phi) is 43.0. The fourth-order valence-corrected chi connectivity index (χ4v) is 3.32. The van der Waals surface area contributed by atoms with Crippen molar-refractivity contribution in [3.63, 3.8) is 0 Å². The van der Waals surface area contributed by atoms with E-state index in [1.54, 1.807) is 0 Å². The van der Waals surface area contributed by atoms with Crippen LogP contribution in [0.25, 0.3) is 0 Å². The number of unbranched alkanes of at least 4 members (excludes halogenated alkanes) is 4. The molecular weight excluding hydrogens is 540 g/mol. The van der Waals surface area contributed by atoms with E-state index in [0.717, 1.165) is 77.0 Å². The van der Waals surface area contributed by atoms with E-state index in [9.17, 15) is 19.2 Å². The van der Waals surface area contributed by atoms with Crippen LogP contribution in [0.1, 0.15) is 158 Å². The molecule has 9 heteroatoms. The van der Waals surface area contributed by atoms with Crippen LogP contribution in [0, 0.1) is 23.7 Å². The normalized spacial score (nSPS) is 10.0. The third-order valence-corrected chi connectivity index (χ3v) is 5.69. The molecule has 0 saturated carbocycles. The van der Waals surface area contributed by atoms with E-state index in [-0.39, 0.29) is 11.0 Å². The highest BCUT2D eigenvalue weighted by molar-refractivity contribution is 5.75. The molecule has 0 aliphatic carbocycles. The van der Waals surface area contributed by atoms with Crippen LogP contribution in [0.2, 0.25) is 0 Å². The predicted octanol–water partition coefficient (Wildman–Crippen LogP) is 7.70. The van der Waals surface area contributed by atoms with E-state index < -0.39 is 23.9 Å². The van der Waals surface area contributed by atoms with Gasteiger partial charge >= 0.3 is 23.9 Å². The van der Waals surface area contributed by atoms with Gasteiger partial charge in [0, 0.05) is 25.7 Å². The quantitative estimate of drug-likeness (QED) is 0.0811. The van der Waals surface area contributed by atoms with E-state index in [1.165, 1.54) is 0 Å². The van der Waals surface area contributed by atoms with Gasteiger partial charge in [0.15, 0.2) is 0 Å². The van der Waals surface area contributed by atoms with Crippen LogP contribution in [0.15, 0.2) is 0 Å². The number of aliphatic carboxylic acids is 4. The predicted molar refractivity (Wildman–Crippen MR) is 175 cm³/mol. The van der Waals surface area contributed by atoms with Gasteiger partial charge in [-0.05, 0) is 60.3 Å². The van der Waals surface area contributed by atoms with Gasteiger partial charge in [0.1, 0.15) is 0 Å². The zero-order chi connectivity index (χ0) is 31.9. The fourth-order valence-electron chi connectivity index (χ4n) is 3.32. The van der Waals surface area contributed by atoms with E-state index in [2.05, 4.69) is 55.4 Å². The van der Waals surface area contributed by atoms with Crippen molar-refractivity contribution in [1.82, 2.24) is 0 Å². The SMILES string of the molecule is CC(C)CCCCC(=O)O.CC(C)CCCCC(=O)O.CC(C)CCCCC(=O)O.CC(C)CCCCC(=O)O.[SiH4]. The third-order valence-electron chi connectivity index (χ3n) is 5.69. The molecule has 0 spiro atoms. The van der Waals surface area contributed by atoms with Crippen molar-refractivity contribution < 1.29 is 39.6 Å². The minimum absolute atomic E-state index is 0. The first-order chi connectivity index (χ1) is 18.5. The van der Waals surface area contributed by atoms with Gasteiger partial charge < -0.3 is 20.4 Å². The Morgan fingerprint density at radius 3 is 0.610 bits per heavy atom. The number of hydrogen-bond donors (Lipinski definition) is 4. The highest BCUT2D eigenvalue weighted by Gasteiger charge is 2.00. The Bertz CT molecular complexity index is 501. The van der Waals surface area contributed by atoms with E-state index >= 15 is 0 Å². The van der Waals surface area contributed by atoms with Gasteiger partial charge in [-0.15, -0.1) is 0 Å². The number of carboxylic acid groups (broad SMARTS) is 4. The van der Waals surface area contributed by atoms with Gasteiger partial charge in [-0.2, -0.15) is 0 Å². The Balaban J connectivity index is -0.000000139. The van der Waals surface area contributed by atoms with Gasteiger partial charge in [0.05, 0.1) is 0 Å². The molecule has 0 radical (unpaired) electrons. The molecule has 0 bridgehead atoms.